The van der Waals surface area contributed by atoms with Gasteiger partial charge in [-0.1, -0.05) is 6.42 Å². The molecule has 0 N–H and O–H groups in total. The van der Waals surface area contributed by atoms with Crippen molar-refractivity contribution in [2.75, 3.05) is 7.11 Å². The Kier molecular flexibility index (Phi) is 2.50. The van der Waals surface area contributed by atoms with E-state index in [-0.39, 0.29) is 11.8 Å². The van der Waals surface area contributed by atoms with E-state index in [0.29, 0.717) is 12.8 Å². The lowest BCUT2D eigenvalue weighted by Crippen LogP contribution is -2.39. The minimum Gasteiger partial charge on any atom is -0.468 e. The second kappa shape index (κ2) is 3.25. The smallest absolute Gasteiger partial charge is 0.319 e. The van der Waals surface area contributed by atoms with Gasteiger partial charge in [0.1, 0.15) is 11.2 Å². The minimum atomic E-state index is -0.854. The Labute approximate surface area is 72.1 Å². The Hall–Kier alpha value is -0.860. The summed E-state index contributed by atoms with van der Waals surface area (Å²) in [4.78, 5) is 22.7. The maximum Gasteiger partial charge on any atom is 0.319 e. The average molecular weight is 170 g/mol. The van der Waals surface area contributed by atoms with Gasteiger partial charge in [0.05, 0.1) is 7.11 Å². The summed E-state index contributed by atoms with van der Waals surface area (Å²) < 4.78 is 4.60. The van der Waals surface area contributed by atoms with E-state index in [0.717, 1.165) is 12.8 Å². The first kappa shape index (κ1) is 9.23. The van der Waals surface area contributed by atoms with Gasteiger partial charge in [0.15, 0.2) is 0 Å². The van der Waals surface area contributed by atoms with Crippen LogP contribution in [0.2, 0.25) is 0 Å². The van der Waals surface area contributed by atoms with Crippen LogP contribution in [0.5, 0.6) is 0 Å². The molecule has 12 heavy (non-hydrogen) atoms. The van der Waals surface area contributed by atoms with Crippen LogP contribution < -0.4 is 0 Å². The zero-order chi connectivity index (χ0) is 9.19. The SMILES string of the molecule is COC(=O)C1(C)CCCCC1=O. The molecule has 1 unspecified atom stereocenters. The zero-order valence-corrected chi connectivity index (χ0v) is 7.55. The highest BCUT2D eigenvalue weighted by Gasteiger charge is 2.42. The highest BCUT2D eigenvalue weighted by molar-refractivity contribution is 6.03. The first-order valence-corrected chi connectivity index (χ1v) is 4.23. The van der Waals surface area contributed by atoms with Gasteiger partial charge in [-0.15, -0.1) is 0 Å². The second-order valence-electron chi connectivity index (χ2n) is 3.45. The number of ketones is 1. The number of esters is 1. The highest BCUT2D eigenvalue weighted by atomic mass is 16.5. The van der Waals surface area contributed by atoms with Gasteiger partial charge in [-0.25, -0.2) is 0 Å². The standard InChI is InChI=1S/C9H14O3/c1-9(8(11)12-2)6-4-3-5-7(9)10/h3-6H2,1-2H3. The third-order valence-electron chi connectivity index (χ3n) is 2.58. The van der Waals surface area contributed by atoms with Crippen LogP contribution in [0.1, 0.15) is 32.6 Å². The number of Topliss-reactive ketones (excluding diaryl/α,β-unsaturated/α-hetero) is 1. The molecule has 68 valence electrons. The quantitative estimate of drug-likeness (QED) is 0.440. The lowest BCUT2D eigenvalue weighted by atomic mass is 9.75. The van der Waals surface area contributed by atoms with E-state index >= 15 is 0 Å². The monoisotopic (exact) mass is 170 g/mol. The van der Waals surface area contributed by atoms with Crippen molar-refractivity contribution in [3.8, 4) is 0 Å². The zero-order valence-electron chi connectivity index (χ0n) is 7.55. The van der Waals surface area contributed by atoms with Crippen molar-refractivity contribution in [1.29, 1.82) is 0 Å². The van der Waals surface area contributed by atoms with Crippen LogP contribution in [0.4, 0.5) is 0 Å². The fraction of sp³-hybridized carbons (Fsp3) is 0.778. The van der Waals surface area contributed by atoms with Crippen molar-refractivity contribution in [1.82, 2.24) is 0 Å². The summed E-state index contributed by atoms with van der Waals surface area (Å²) in [6, 6.07) is 0. The molecule has 0 amide bonds. The van der Waals surface area contributed by atoms with Crippen molar-refractivity contribution in [2.45, 2.75) is 32.6 Å². The first-order valence-electron chi connectivity index (χ1n) is 4.23. The number of hydrogen-bond acceptors (Lipinski definition) is 3. The molecule has 0 heterocycles. The Morgan fingerprint density at radius 3 is 2.67 bits per heavy atom. The van der Waals surface area contributed by atoms with Gasteiger partial charge >= 0.3 is 5.97 Å². The van der Waals surface area contributed by atoms with Crippen LogP contribution in [-0.2, 0) is 14.3 Å². The average Bonchev–Trinajstić information content (AvgIpc) is 2.09. The molecule has 0 aromatic heterocycles. The Morgan fingerprint density at radius 2 is 2.17 bits per heavy atom. The van der Waals surface area contributed by atoms with Crippen molar-refractivity contribution >= 4 is 11.8 Å². The van der Waals surface area contributed by atoms with Gasteiger partial charge < -0.3 is 4.74 Å². The van der Waals surface area contributed by atoms with Crippen LogP contribution in [0.15, 0.2) is 0 Å². The van der Waals surface area contributed by atoms with E-state index in [1.807, 2.05) is 0 Å². The Morgan fingerprint density at radius 1 is 1.50 bits per heavy atom. The van der Waals surface area contributed by atoms with E-state index in [1.165, 1.54) is 7.11 Å². The molecule has 1 aliphatic carbocycles. The van der Waals surface area contributed by atoms with Gasteiger partial charge in [-0.05, 0) is 19.8 Å². The molecule has 1 saturated carbocycles. The van der Waals surface area contributed by atoms with Gasteiger partial charge in [0.25, 0.3) is 0 Å². The summed E-state index contributed by atoms with van der Waals surface area (Å²) in [7, 11) is 1.33. The molecule has 0 radical (unpaired) electrons. The number of carbonyl (C=O) groups excluding carboxylic acids is 2. The van der Waals surface area contributed by atoms with Gasteiger partial charge in [0.2, 0.25) is 0 Å². The second-order valence-corrected chi connectivity index (χ2v) is 3.45. The van der Waals surface area contributed by atoms with Crippen LogP contribution in [-0.4, -0.2) is 18.9 Å². The molecule has 1 atom stereocenters. The Balaban J connectivity index is 2.79. The lowest BCUT2D eigenvalue weighted by molar-refractivity contribution is -0.158. The minimum absolute atomic E-state index is 0.0283. The van der Waals surface area contributed by atoms with Crippen LogP contribution in [0.25, 0.3) is 0 Å². The molecule has 0 spiro atoms. The molecule has 0 saturated heterocycles. The number of ether oxygens (including phenoxy) is 1. The van der Waals surface area contributed by atoms with Crippen molar-refractivity contribution in [3.05, 3.63) is 0 Å². The summed E-state index contributed by atoms with van der Waals surface area (Å²) >= 11 is 0. The summed E-state index contributed by atoms with van der Waals surface area (Å²) in [6.45, 7) is 1.68. The predicted molar refractivity (Wildman–Crippen MR) is 43.6 cm³/mol. The summed E-state index contributed by atoms with van der Waals surface area (Å²) in [6.07, 6.45) is 3.01. The van der Waals surface area contributed by atoms with Crippen molar-refractivity contribution < 1.29 is 14.3 Å². The summed E-state index contributed by atoms with van der Waals surface area (Å²) in [5.74, 6) is -0.354. The third-order valence-corrected chi connectivity index (χ3v) is 2.58. The van der Waals surface area contributed by atoms with Crippen LogP contribution in [0.3, 0.4) is 0 Å². The van der Waals surface area contributed by atoms with Crippen molar-refractivity contribution in [2.24, 2.45) is 5.41 Å². The topological polar surface area (TPSA) is 43.4 Å². The Bertz CT molecular complexity index is 200. The molecule has 0 aromatic carbocycles. The predicted octanol–water partition coefficient (Wildman–Crippen LogP) is 1.31. The molecule has 3 nitrogen and oxygen atoms in total. The van der Waals surface area contributed by atoms with E-state index in [1.54, 1.807) is 6.92 Å². The normalized spacial score (nSPS) is 30.0. The third kappa shape index (κ3) is 1.36. The molecular formula is C9H14O3. The number of hydrogen-bond donors (Lipinski definition) is 0. The molecule has 1 rings (SSSR count). The first-order chi connectivity index (χ1) is 5.61. The molecule has 1 fully saturated rings. The molecule has 0 aliphatic heterocycles. The molecular weight excluding hydrogens is 156 g/mol. The van der Waals surface area contributed by atoms with E-state index < -0.39 is 5.41 Å². The van der Waals surface area contributed by atoms with Crippen molar-refractivity contribution in [3.63, 3.8) is 0 Å². The fourth-order valence-electron chi connectivity index (χ4n) is 1.62. The maximum atomic E-state index is 11.4. The fourth-order valence-corrected chi connectivity index (χ4v) is 1.62. The maximum absolute atomic E-state index is 11.4. The van der Waals surface area contributed by atoms with Crippen LogP contribution >= 0.6 is 0 Å². The van der Waals surface area contributed by atoms with E-state index in [9.17, 15) is 9.59 Å². The summed E-state index contributed by atoms with van der Waals surface area (Å²) in [5, 5.41) is 0. The number of rotatable bonds is 1. The van der Waals surface area contributed by atoms with Gasteiger partial charge in [0, 0.05) is 6.42 Å². The molecule has 1 aliphatic rings. The van der Waals surface area contributed by atoms with E-state index in [2.05, 4.69) is 4.74 Å². The molecule has 3 heteroatoms. The highest BCUT2D eigenvalue weighted by Crippen LogP contribution is 2.33. The summed E-state index contributed by atoms with van der Waals surface area (Å²) in [5.41, 5.74) is -0.854. The van der Waals surface area contributed by atoms with Gasteiger partial charge in [-0.2, -0.15) is 0 Å². The molecule has 0 aromatic rings. The lowest BCUT2D eigenvalue weighted by Gasteiger charge is -2.28. The van der Waals surface area contributed by atoms with Gasteiger partial charge in [-0.3, -0.25) is 9.59 Å². The number of methoxy groups -OCH3 is 1. The van der Waals surface area contributed by atoms with Crippen LogP contribution in [0, 0.1) is 5.41 Å². The number of carbonyl (C=O) groups is 2. The molecule has 0 bridgehead atoms. The van der Waals surface area contributed by atoms with E-state index in [4.69, 9.17) is 0 Å². The largest absolute Gasteiger partial charge is 0.468 e.